The SMILES string of the molecule is CC(C)(C)OC(=O)N[C@H](C(=O)O)C1(C(=O)O)CC1. The summed E-state index contributed by atoms with van der Waals surface area (Å²) < 4.78 is 4.91. The molecule has 18 heavy (non-hydrogen) atoms. The highest BCUT2D eigenvalue weighted by molar-refractivity contribution is 5.90. The molecule has 0 spiro atoms. The molecular weight excluding hydrogens is 242 g/mol. The molecule has 1 amide bonds. The van der Waals surface area contributed by atoms with E-state index in [1.54, 1.807) is 20.8 Å². The van der Waals surface area contributed by atoms with Crippen LogP contribution in [-0.4, -0.2) is 39.9 Å². The predicted octanol–water partition coefficient (Wildman–Crippen LogP) is 0.829. The first-order chi connectivity index (χ1) is 8.08. The molecule has 7 heteroatoms. The summed E-state index contributed by atoms with van der Waals surface area (Å²) in [7, 11) is 0. The van der Waals surface area contributed by atoms with E-state index in [0.717, 1.165) is 0 Å². The van der Waals surface area contributed by atoms with Crippen LogP contribution < -0.4 is 5.32 Å². The lowest BCUT2D eigenvalue weighted by molar-refractivity contribution is -0.152. The van der Waals surface area contributed by atoms with E-state index in [1.807, 2.05) is 0 Å². The van der Waals surface area contributed by atoms with E-state index in [4.69, 9.17) is 14.9 Å². The fraction of sp³-hybridized carbons (Fsp3) is 0.727. The van der Waals surface area contributed by atoms with Crippen LogP contribution >= 0.6 is 0 Å². The van der Waals surface area contributed by atoms with Crippen molar-refractivity contribution in [1.82, 2.24) is 5.32 Å². The Bertz CT molecular complexity index is 379. The van der Waals surface area contributed by atoms with Crippen molar-refractivity contribution in [2.45, 2.75) is 45.3 Å². The molecule has 1 saturated carbocycles. The Kier molecular flexibility index (Phi) is 3.54. The van der Waals surface area contributed by atoms with E-state index in [-0.39, 0.29) is 12.8 Å². The molecule has 0 heterocycles. The Balaban J connectivity index is 2.75. The minimum absolute atomic E-state index is 0.231. The first-order valence-corrected chi connectivity index (χ1v) is 5.54. The topological polar surface area (TPSA) is 113 Å². The zero-order valence-corrected chi connectivity index (χ0v) is 10.5. The van der Waals surface area contributed by atoms with E-state index in [1.165, 1.54) is 0 Å². The van der Waals surface area contributed by atoms with Gasteiger partial charge in [-0.25, -0.2) is 9.59 Å². The van der Waals surface area contributed by atoms with Gasteiger partial charge in [-0.1, -0.05) is 0 Å². The molecular formula is C11H17NO6. The lowest BCUT2D eigenvalue weighted by Crippen LogP contribution is -2.51. The van der Waals surface area contributed by atoms with Gasteiger partial charge >= 0.3 is 18.0 Å². The number of carboxylic acids is 2. The molecule has 0 bridgehead atoms. The van der Waals surface area contributed by atoms with Crippen molar-refractivity contribution in [3.8, 4) is 0 Å². The van der Waals surface area contributed by atoms with Crippen LogP contribution in [0.4, 0.5) is 4.79 Å². The molecule has 1 fully saturated rings. The van der Waals surface area contributed by atoms with Crippen LogP contribution in [0.1, 0.15) is 33.6 Å². The summed E-state index contributed by atoms with van der Waals surface area (Å²) in [5, 5.41) is 20.1. The fourth-order valence-electron chi connectivity index (χ4n) is 1.62. The van der Waals surface area contributed by atoms with Gasteiger partial charge in [0.1, 0.15) is 11.6 Å². The maximum Gasteiger partial charge on any atom is 0.408 e. The molecule has 0 aromatic carbocycles. The Labute approximate surface area is 104 Å². The largest absolute Gasteiger partial charge is 0.481 e. The number of carbonyl (C=O) groups is 3. The molecule has 3 N–H and O–H groups in total. The fourth-order valence-corrected chi connectivity index (χ4v) is 1.62. The van der Waals surface area contributed by atoms with Gasteiger partial charge in [0.2, 0.25) is 0 Å². The normalized spacial score (nSPS) is 18.6. The third-order valence-corrected chi connectivity index (χ3v) is 2.68. The number of nitrogens with one attached hydrogen (secondary N) is 1. The number of amides is 1. The van der Waals surface area contributed by atoms with Gasteiger partial charge in [-0.05, 0) is 33.6 Å². The van der Waals surface area contributed by atoms with E-state index in [0.29, 0.717) is 0 Å². The average Bonchev–Trinajstić information content (AvgIpc) is 2.91. The van der Waals surface area contributed by atoms with Gasteiger partial charge in [0.15, 0.2) is 0 Å². The van der Waals surface area contributed by atoms with Crippen molar-refractivity contribution in [1.29, 1.82) is 0 Å². The zero-order chi connectivity index (χ0) is 14.1. The van der Waals surface area contributed by atoms with Crippen molar-refractivity contribution < 1.29 is 29.3 Å². The third-order valence-electron chi connectivity index (χ3n) is 2.68. The highest BCUT2D eigenvalue weighted by atomic mass is 16.6. The number of carbonyl (C=O) groups excluding carboxylic acids is 1. The second kappa shape index (κ2) is 4.47. The predicted molar refractivity (Wildman–Crippen MR) is 60.1 cm³/mol. The maximum atomic E-state index is 11.5. The minimum Gasteiger partial charge on any atom is -0.481 e. The van der Waals surface area contributed by atoms with Gasteiger partial charge in [-0.2, -0.15) is 0 Å². The number of hydrogen-bond acceptors (Lipinski definition) is 4. The number of carboxylic acid groups (broad SMARTS) is 2. The lowest BCUT2D eigenvalue weighted by Gasteiger charge is -2.24. The summed E-state index contributed by atoms with van der Waals surface area (Å²) >= 11 is 0. The molecule has 1 rings (SSSR count). The summed E-state index contributed by atoms with van der Waals surface area (Å²) in [5.74, 6) is -2.59. The van der Waals surface area contributed by atoms with Crippen molar-refractivity contribution in [2.24, 2.45) is 5.41 Å². The highest BCUT2D eigenvalue weighted by Crippen LogP contribution is 2.49. The molecule has 1 aliphatic rings. The Hall–Kier alpha value is -1.79. The van der Waals surface area contributed by atoms with Crippen LogP contribution in [-0.2, 0) is 14.3 Å². The minimum atomic E-state index is -1.47. The molecule has 102 valence electrons. The maximum absolute atomic E-state index is 11.5. The van der Waals surface area contributed by atoms with Crippen LogP contribution in [0, 0.1) is 5.41 Å². The van der Waals surface area contributed by atoms with E-state index in [2.05, 4.69) is 5.32 Å². The van der Waals surface area contributed by atoms with Crippen LogP contribution in [0.15, 0.2) is 0 Å². The van der Waals surface area contributed by atoms with Gasteiger partial charge in [0.05, 0.1) is 5.41 Å². The Morgan fingerprint density at radius 2 is 1.72 bits per heavy atom. The highest BCUT2D eigenvalue weighted by Gasteiger charge is 2.60. The molecule has 0 radical (unpaired) electrons. The summed E-state index contributed by atoms with van der Waals surface area (Å²) in [5.41, 5.74) is -2.17. The molecule has 7 nitrogen and oxygen atoms in total. The van der Waals surface area contributed by atoms with Crippen molar-refractivity contribution in [3.05, 3.63) is 0 Å². The first kappa shape index (κ1) is 14.3. The summed E-state index contributed by atoms with van der Waals surface area (Å²) in [4.78, 5) is 33.6. The Morgan fingerprint density at radius 3 is 2.00 bits per heavy atom. The average molecular weight is 259 g/mol. The summed E-state index contributed by atoms with van der Waals surface area (Å²) in [6.45, 7) is 4.89. The first-order valence-electron chi connectivity index (χ1n) is 5.54. The third kappa shape index (κ3) is 3.12. The molecule has 1 aliphatic carbocycles. The number of alkyl carbamates (subject to hydrolysis) is 1. The molecule has 0 aromatic heterocycles. The summed E-state index contributed by atoms with van der Waals surface area (Å²) in [6, 6.07) is -1.47. The number of ether oxygens (including phenoxy) is 1. The molecule has 0 saturated heterocycles. The van der Waals surface area contributed by atoms with Gasteiger partial charge in [0.25, 0.3) is 0 Å². The van der Waals surface area contributed by atoms with E-state index in [9.17, 15) is 14.4 Å². The van der Waals surface area contributed by atoms with E-state index < -0.39 is 35.1 Å². The summed E-state index contributed by atoms with van der Waals surface area (Å²) in [6.07, 6.45) is -0.466. The molecule has 1 atom stereocenters. The zero-order valence-electron chi connectivity index (χ0n) is 10.5. The Morgan fingerprint density at radius 1 is 1.22 bits per heavy atom. The van der Waals surface area contributed by atoms with Crippen LogP contribution in [0.2, 0.25) is 0 Å². The molecule has 0 aliphatic heterocycles. The van der Waals surface area contributed by atoms with Gasteiger partial charge in [-0.15, -0.1) is 0 Å². The van der Waals surface area contributed by atoms with Crippen LogP contribution in [0.3, 0.4) is 0 Å². The smallest absolute Gasteiger partial charge is 0.408 e. The number of aliphatic carboxylic acids is 2. The number of rotatable bonds is 4. The van der Waals surface area contributed by atoms with Gasteiger partial charge in [0, 0.05) is 0 Å². The van der Waals surface area contributed by atoms with Crippen LogP contribution in [0.25, 0.3) is 0 Å². The van der Waals surface area contributed by atoms with Crippen LogP contribution in [0.5, 0.6) is 0 Å². The van der Waals surface area contributed by atoms with E-state index >= 15 is 0 Å². The van der Waals surface area contributed by atoms with Gasteiger partial charge < -0.3 is 20.3 Å². The molecule has 0 unspecified atom stereocenters. The standard InChI is InChI=1S/C11H17NO6/c1-10(2,3)18-9(17)12-6(7(13)14)11(4-5-11)8(15)16/h6H,4-5H2,1-3H3,(H,12,17)(H,13,14)(H,15,16)/t6-/m1/s1. The van der Waals surface area contributed by atoms with Gasteiger partial charge in [-0.3, -0.25) is 4.79 Å². The second-order valence-electron chi connectivity index (χ2n) is 5.38. The quantitative estimate of drug-likeness (QED) is 0.689. The molecule has 0 aromatic rings. The number of hydrogen-bond donors (Lipinski definition) is 3. The van der Waals surface area contributed by atoms with Crippen molar-refractivity contribution in [3.63, 3.8) is 0 Å². The van der Waals surface area contributed by atoms with Crippen molar-refractivity contribution >= 4 is 18.0 Å². The second-order valence-corrected chi connectivity index (χ2v) is 5.38. The lowest BCUT2D eigenvalue weighted by atomic mass is 9.97. The van der Waals surface area contributed by atoms with Crippen molar-refractivity contribution in [2.75, 3.05) is 0 Å². The monoisotopic (exact) mass is 259 g/mol.